The Morgan fingerprint density at radius 1 is 1.12 bits per heavy atom. The molecule has 0 saturated heterocycles. The van der Waals surface area contributed by atoms with Gasteiger partial charge in [0.15, 0.2) is 11.5 Å². The van der Waals surface area contributed by atoms with E-state index in [-0.39, 0.29) is 5.91 Å². The molecule has 1 atom stereocenters. The molecule has 0 saturated carbocycles. The maximum absolute atomic E-state index is 12.6. The van der Waals surface area contributed by atoms with E-state index >= 15 is 0 Å². The van der Waals surface area contributed by atoms with Crippen molar-refractivity contribution in [2.45, 2.75) is 19.5 Å². The Balaban J connectivity index is 2.17. The topological polar surface area (TPSA) is 64.8 Å². The minimum atomic E-state index is -0.670. The Morgan fingerprint density at radius 2 is 1.71 bits per heavy atom. The van der Waals surface area contributed by atoms with Gasteiger partial charge in [-0.2, -0.15) is 0 Å². The van der Waals surface area contributed by atoms with Gasteiger partial charge in [-0.05, 0) is 35.7 Å². The number of likely N-dealkylation sites (N-methyl/N-ethyl adjacent to an activating group) is 1. The fourth-order valence-corrected chi connectivity index (χ4v) is 2.57. The highest BCUT2D eigenvalue weighted by Gasteiger charge is 2.20. The van der Waals surface area contributed by atoms with Crippen molar-refractivity contribution in [2.75, 3.05) is 21.3 Å². The zero-order valence-corrected chi connectivity index (χ0v) is 14.6. The van der Waals surface area contributed by atoms with Gasteiger partial charge in [-0.1, -0.05) is 30.3 Å². The van der Waals surface area contributed by atoms with Gasteiger partial charge in [0.1, 0.15) is 6.04 Å². The van der Waals surface area contributed by atoms with E-state index in [1.54, 1.807) is 26.2 Å². The minimum Gasteiger partial charge on any atom is -0.493 e. The molecule has 2 rings (SSSR count). The summed E-state index contributed by atoms with van der Waals surface area (Å²) in [4.78, 5) is 14.2. The van der Waals surface area contributed by atoms with Crippen LogP contribution in [0.5, 0.6) is 11.5 Å². The largest absolute Gasteiger partial charge is 0.493 e. The summed E-state index contributed by atoms with van der Waals surface area (Å²) in [5.41, 5.74) is 8.92. The van der Waals surface area contributed by atoms with Crippen molar-refractivity contribution in [1.29, 1.82) is 0 Å². The third-order valence-corrected chi connectivity index (χ3v) is 4.05. The second-order valence-electron chi connectivity index (χ2n) is 5.72. The number of nitrogens with two attached hydrogens (primary N) is 1. The molecule has 2 N–H and O–H groups in total. The molecule has 0 spiro atoms. The number of carbonyl (C=O) groups is 1. The van der Waals surface area contributed by atoms with Crippen LogP contribution in [0.15, 0.2) is 42.5 Å². The van der Waals surface area contributed by atoms with Gasteiger partial charge in [-0.25, -0.2) is 0 Å². The molecule has 0 aromatic heterocycles. The molecule has 24 heavy (non-hydrogen) atoms. The summed E-state index contributed by atoms with van der Waals surface area (Å²) in [6.07, 6.45) is 0. The second kappa shape index (κ2) is 7.84. The number of nitrogens with zero attached hydrogens (tertiary/aromatic N) is 1. The van der Waals surface area contributed by atoms with Crippen LogP contribution in [0.3, 0.4) is 0 Å². The van der Waals surface area contributed by atoms with E-state index in [0.717, 1.165) is 16.7 Å². The molecule has 0 aliphatic heterocycles. The fraction of sp³-hybridized carbons (Fsp3) is 0.316. The molecular weight excluding hydrogens is 304 g/mol. The lowest BCUT2D eigenvalue weighted by molar-refractivity contribution is -0.132. The van der Waals surface area contributed by atoms with Crippen molar-refractivity contribution in [2.24, 2.45) is 5.73 Å². The summed E-state index contributed by atoms with van der Waals surface area (Å²) < 4.78 is 10.6. The Labute approximate surface area is 143 Å². The number of ether oxygens (including phenoxy) is 2. The van der Waals surface area contributed by atoms with Crippen molar-refractivity contribution >= 4 is 5.91 Å². The molecule has 0 aliphatic carbocycles. The lowest BCUT2D eigenvalue weighted by Crippen LogP contribution is -2.35. The monoisotopic (exact) mass is 328 g/mol. The maximum Gasteiger partial charge on any atom is 0.244 e. The van der Waals surface area contributed by atoms with Gasteiger partial charge in [-0.3, -0.25) is 4.79 Å². The normalized spacial score (nSPS) is 11.7. The summed E-state index contributed by atoms with van der Waals surface area (Å²) in [5.74, 6) is 1.19. The smallest absolute Gasteiger partial charge is 0.244 e. The molecular formula is C19H24N2O3. The number of hydrogen-bond acceptors (Lipinski definition) is 4. The summed E-state index contributed by atoms with van der Waals surface area (Å²) >= 11 is 0. The van der Waals surface area contributed by atoms with E-state index in [1.807, 2.05) is 49.4 Å². The SMILES string of the molecule is COc1cc(C)c(CN(C)C(=O)[C@@H](N)c2ccccc2)cc1OC. The third-order valence-electron chi connectivity index (χ3n) is 4.05. The van der Waals surface area contributed by atoms with E-state index in [1.165, 1.54) is 0 Å². The van der Waals surface area contributed by atoms with E-state index in [0.29, 0.717) is 18.0 Å². The molecule has 2 aromatic carbocycles. The third kappa shape index (κ3) is 3.86. The Morgan fingerprint density at radius 3 is 2.29 bits per heavy atom. The quantitative estimate of drug-likeness (QED) is 0.885. The number of methoxy groups -OCH3 is 2. The molecule has 0 radical (unpaired) electrons. The van der Waals surface area contributed by atoms with Gasteiger partial charge < -0.3 is 20.1 Å². The van der Waals surface area contributed by atoms with Crippen LogP contribution in [0.1, 0.15) is 22.7 Å². The van der Waals surface area contributed by atoms with E-state index in [9.17, 15) is 4.79 Å². The number of aryl methyl sites for hydroxylation is 1. The van der Waals surface area contributed by atoms with Crippen LogP contribution in [-0.2, 0) is 11.3 Å². The Hall–Kier alpha value is -2.53. The summed E-state index contributed by atoms with van der Waals surface area (Å²) in [6.45, 7) is 2.43. The molecule has 2 aromatic rings. The highest BCUT2D eigenvalue weighted by Crippen LogP contribution is 2.31. The number of amides is 1. The highest BCUT2D eigenvalue weighted by molar-refractivity contribution is 5.82. The van der Waals surface area contributed by atoms with Crippen molar-refractivity contribution in [3.63, 3.8) is 0 Å². The van der Waals surface area contributed by atoms with E-state index < -0.39 is 6.04 Å². The molecule has 128 valence electrons. The van der Waals surface area contributed by atoms with Crippen LogP contribution in [0.2, 0.25) is 0 Å². The molecule has 0 unspecified atom stereocenters. The predicted octanol–water partition coefficient (Wildman–Crippen LogP) is 2.67. The molecule has 0 aliphatic rings. The average Bonchev–Trinajstić information content (AvgIpc) is 2.62. The van der Waals surface area contributed by atoms with Crippen molar-refractivity contribution in [3.8, 4) is 11.5 Å². The standard InChI is InChI=1S/C19H24N2O3/c1-13-10-16(23-3)17(24-4)11-15(13)12-21(2)19(22)18(20)14-8-6-5-7-9-14/h5-11,18H,12,20H2,1-4H3/t18-/m0/s1. The summed E-state index contributed by atoms with van der Waals surface area (Å²) in [5, 5.41) is 0. The molecule has 0 fully saturated rings. The van der Waals surface area contributed by atoms with Crippen molar-refractivity contribution in [1.82, 2.24) is 4.90 Å². The van der Waals surface area contributed by atoms with Crippen LogP contribution < -0.4 is 15.2 Å². The number of rotatable bonds is 6. The molecule has 1 amide bonds. The van der Waals surface area contributed by atoms with Crippen molar-refractivity contribution < 1.29 is 14.3 Å². The first-order valence-corrected chi connectivity index (χ1v) is 7.75. The molecule has 5 heteroatoms. The number of carbonyl (C=O) groups excluding carboxylic acids is 1. The van der Waals surface area contributed by atoms with Gasteiger partial charge in [0.05, 0.1) is 14.2 Å². The number of benzene rings is 2. The van der Waals surface area contributed by atoms with Gasteiger partial charge in [0.25, 0.3) is 0 Å². The van der Waals surface area contributed by atoms with Crippen LogP contribution in [0.25, 0.3) is 0 Å². The van der Waals surface area contributed by atoms with E-state index in [4.69, 9.17) is 15.2 Å². The fourth-order valence-electron chi connectivity index (χ4n) is 2.57. The van der Waals surface area contributed by atoms with Gasteiger partial charge >= 0.3 is 0 Å². The summed E-state index contributed by atoms with van der Waals surface area (Å²) in [6, 6.07) is 12.5. The van der Waals surface area contributed by atoms with Crippen LogP contribution >= 0.6 is 0 Å². The first-order chi connectivity index (χ1) is 11.5. The van der Waals surface area contributed by atoms with Gasteiger partial charge in [0, 0.05) is 13.6 Å². The van der Waals surface area contributed by atoms with Crippen LogP contribution in [0.4, 0.5) is 0 Å². The maximum atomic E-state index is 12.6. The highest BCUT2D eigenvalue weighted by atomic mass is 16.5. The predicted molar refractivity (Wildman–Crippen MR) is 94.1 cm³/mol. The summed E-state index contributed by atoms with van der Waals surface area (Å²) in [7, 11) is 4.95. The molecule has 0 heterocycles. The second-order valence-corrected chi connectivity index (χ2v) is 5.72. The average molecular weight is 328 g/mol. The Bertz CT molecular complexity index is 701. The first kappa shape index (κ1) is 17.8. The number of hydrogen-bond donors (Lipinski definition) is 1. The lowest BCUT2D eigenvalue weighted by Gasteiger charge is -2.23. The zero-order chi connectivity index (χ0) is 17.7. The van der Waals surface area contributed by atoms with Gasteiger partial charge in [0.2, 0.25) is 5.91 Å². The minimum absolute atomic E-state index is 0.129. The van der Waals surface area contributed by atoms with Crippen LogP contribution in [-0.4, -0.2) is 32.1 Å². The van der Waals surface area contributed by atoms with Gasteiger partial charge in [-0.15, -0.1) is 0 Å². The zero-order valence-electron chi connectivity index (χ0n) is 14.6. The van der Waals surface area contributed by atoms with Crippen molar-refractivity contribution in [3.05, 3.63) is 59.2 Å². The first-order valence-electron chi connectivity index (χ1n) is 7.75. The molecule has 0 bridgehead atoms. The van der Waals surface area contributed by atoms with E-state index in [2.05, 4.69) is 0 Å². The Kier molecular flexibility index (Phi) is 5.82. The lowest BCUT2D eigenvalue weighted by atomic mass is 10.0. The molecule has 5 nitrogen and oxygen atoms in total. The van der Waals surface area contributed by atoms with Crippen LogP contribution in [0, 0.1) is 6.92 Å².